The lowest BCUT2D eigenvalue weighted by molar-refractivity contribution is 0.174. The Morgan fingerprint density at radius 1 is 0.818 bits per heavy atom. The molecule has 0 atom stereocenters. The van der Waals surface area contributed by atoms with E-state index in [1.807, 2.05) is 36.4 Å². The van der Waals surface area contributed by atoms with E-state index in [0.717, 1.165) is 11.1 Å². The van der Waals surface area contributed by atoms with E-state index in [2.05, 4.69) is 0 Å². The van der Waals surface area contributed by atoms with Gasteiger partial charge in [-0.05, 0) is 47.5 Å². The van der Waals surface area contributed by atoms with Gasteiger partial charge in [0.1, 0.15) is 11.1 Å². The van der Waals surface area contributed by atoms with Crippen LogP contribution in [0, 0.1) is 0 Å². The van der Waals surface area contributed by atoms with E-state index in [0.29, 0.717) is 33.0 Å². The highest BCUT2D eigenvalue weighted by molar-refractivity contribution is 6.30. The molecule has 33 heavy (non-hydrogen) atoms. The number of ether oxygens (including phenoxy) is 2. The van der Waals surface area contributed by atoms with Crippen molar-refractivity contribution in [1.82, 2.24) is 9.13 Å². The molecule has 3 aromatic carbocycles. The maximum atomic E-state index is 13.7. The number of halogens is 1. The van der Waals surface area contributed by atoms with E-state index >= 15 is 0 Å². The van der Waals surface area contributed by atoms with E-state index < -0.39 is 11.2 Å². The summed E-state index contributed by atoms with van der Waals surface area (Å²) in [5, 5.41) is 1.32. The number of nitrogens with zero attached hydrogens (tertiary/aromatic N) is 2. The first-order valence-corrected chi connectivity index (χ1v) is 10.7. The molecule has 0 fully saturated rings. The topological polar surface area (TPSA) is 75.6 Å². The van der Waals surface area contributed by atoms with Crippen LogP contribution in [0.5, 0.6) is 11.5 Å². The highest BCUT2D eigenvalue weighted by Crippen LogP contribution is 2.32. The molecular formula is C25H17ClN2O5. The molecular weight excluding hydrogens is 444 g/mol. The van der Waals surface area contributed by atoms with Gasteiger partial charge in [0.05, 0.1) is 13.1 Å². The van der Waals surface area contributed by atoms with Crippen LogP contribution in [-0.2, 0) is 13.1 Å². The molecule has 1 aliphatic heterocycles. The van der Waals surface area contributed by atoms with Gasteiger partial charge in [0.2, 0.25) is 12.4 Å². The Bertz CT molecular complexity index is 1650. The summed E-state index contributed by atoms with van der Waals surface area (Å²) in [4.78, 5) is 27.0. The number of furan rings is 1. The first-order valence-electron chi connectivity index (χ1n) is 10.4. The summed E-state index contributed by atoms with van der Waals surface area (Å²) < 4.78 is 19.5. The molecule has 0 spiro atoms. The van der Waals surface area contributed by atoms with Crippen LogP contribution in [0.2, 0.25) is 5.02 Å². The van der Waals surface area contributed by atoms with Crippen LogP contribution >= 0.6 is 11.6 Å². The Kier molecular flexibility index (Phi) is 4.52. The fraction of sp³-hybridized carbons (Fsp3) is 0.120. The summed E-state index contributed by atoms with van der Waals surface area (Å²) in [5.74, 6) is 1.23. The Hall–Kier alpha value is -3.97. The van der Waals surface area contributed by atoms with Crippen molar-refractivity contribution in [2.75, 3.05) is 6.79 Å². The average Bonchev–Trinajstić information content (AvgIpc) is 3.45. The highest BCUT2D eigenvalue weighted by Gasteiger charge is 2.21. The summed E-state index contributed by atoms with van der Waals surface area (Å²) in [6.07, 6.45) is 0. The van der Waals surface area contributed by atoms with Gasteiger partial charge in [-0.2, -0.15) is 0 Å². The third-order valence-corrected chi connectivity index (χ3v) is 6.02. The van der Waals surface area contributed by atoms with Crippen molar-refractivity contribution in [3.05, 3.63) is 104 Å². The molecule has 164 valence electrons. The molecule has 2 aromatic heterocycles. The van der Waals surface area contributed by atoms with E-state index in [4.69, 9.17) is 25.5 Å². The normalized spacial score (nSPS) is 12.6. The van der Waals surface area contributed by atoms with Gasteiger partial charge >= 0.3 is 5.69 Å². The van der Waals surface area contributed by atoms with Crippen molar-refractivity contribution in [2.45, 2.75) is 13.1 Å². The van der Waals surface area contributed by atoms with Crippen LogP contribution in [0.15, 0.2) is 80.7 Å². The lowest BCUT2D eigenvalue weighted by Gasteiger charge is -2.12. The van der Waals surface area contributed by atoms with Gasteiger partial charge in [0.15, 0.2) is 11.5 Å². The minimum atomic E-state index is -0.476. The molecule has 5 aromatic rings. The molecule has 0 saturated heterocycles. The number of hydrogen-bond donors (Lipinski definition) is 0. The minimum Gasteiger partial charge on any atom is -0.454 e. The van der Waals surface area contributed by atoms with Crippen molar-refractivity contribution in [3.63, 3.8) is 0 Å². The Balaban J connectivity index is 1.57. The number of fused-ring (bicyclic) bond motifs is 4. The summed E-state index contributed by atoms with van der Waals surface area (Å²) in [6.45, 7) is 0.483. The number of para-hydroxylation sites is 1. The first-order chi connectivity index (χ1) is 16.1. The second kappa shape index (κ2) is 7.56. The van der Waals surface area contributed by atoms with Crippen molar-refractivity contribution < 1.29 is 13.9 Å². The van der Waals surface area contributed by atoms with Gasteiger partial charge in [-0.3, -0.25) is 13.9 Å². The van der Waals surface area contributed by atoms with E-state index in [1.54, 1.807) is 34.9 Å². The third-order valence-electron chi connectivity index (χ3n) is 5.77. The molecule has 0 amide bonds. The number of rotatable bonds is 4. The lowest BCUT2D eigenvalue weighted by atomic mass is 10.2. The van der Waals surface area contributed by atoms with Crippen LogP contribution < -0.4 is 20.7 Å². The second-order valence-electron chi connectivity index (χ2n) is 7.85. The Labute approximate surface area is 192 Å². The number of aromatic nitrogens is 2. The predicted molar refractivity (Wildman–Crippen MR) is 124 cm³/mol. The molecule has 0 bridgehead atoms. The van der Waals surface area contributed by atoms with Gasteiger partial charge in [-0.15, -0.1) is 0 Å². The Morgan fingerprint density at radius 3 is 2.39 bits per heavy atom. The van der Waals surface area contributed by atoms with Crippen molar-refractivity contribution in [2.24, 2.45) is 0 Å². The molecule has 0 unspecified atom stereocenters. The fourth-order valence-corrected chi connectivity index (χ4v) is 4.30. The average molecular weight is 461 g/mol. The quantitative estimate of drug-likeness (QED) is 0.397. The molecule has 1 aliphatic rings. The zero-order valence-electron chi connectivity index (χ0n) is 17.3. The van der Waals surface area contributed by atoms with Crippen LogP contribution in [0.4, 0.5) is 0 Å². The fourth-order valence-electron chi connectivity index (χ4n) is 4.18. The Morgan fingerprint density at radius 2 is 1.55 bits per heavy atom. The summed E-state index contributed by atoms with van der Waals surface area (Å²) in [6, 6.07) is 19.9. The first kappa shape index (κ1) is 19.7. The maximum absolute atomic E-state index is 13.7. The van der Waals surface area contributed by atoms with Crippen LogP contribution in [0.1, 0.15) is 11.1 Å². The predicted octanol–water partition coefficient (Wildman–Crippen LogP) is 4.39. The third kappa shape index (κ3) is 3.29. The zero-order valence-corrected chi connectivity index (χ0v) is 18.0. The van der Waals surface area contributed by atoms with Gasteiger partial charge in [0.25, 0.3) is 5.56 Å². The number of hydrogen-bond acceptors (Lipinski definition) is 5. The molecule has 3 heterocycles. The van der Waals surface area contributed by atoms with Crippen molar-refractivity contribution >= 4 is 33.7 Å². The van der Waals surface area contributed by atoms with Gasteiger partial charge in [0, 0.05) is 10.4 Å². The van der Waals surface area contributed by atoms with E-state index in [9.17, 15) is 9.59 Å². The molecule has 0 saturated carbocycles. The summed E-state index contributed by atoms with van der Waals surface area (Å²) in [5.41, 5.74) is 1.90. The largest absolute Gasteiger partial charge is 0.454 e. The van der Waals surface area contributed by atoms with Crippen LogP contribution in [0.25, 0.3) is 22.1 Å². The van der Waals surface area contributed by atoms with Gasteiger partial charge < -0.3 is 13.9 Å². The lowest BCUT2D eigenvalue weighted by Crippen LogP contribution is -2.40. The summed E-state index contributed by atoms with van der Waals surface area (Å²) >= 11 is 6.03. The molecule has 0 radical (unpaired) electrons. The van der Waals surface area contributed by atoms with Gasteiger partial charge in [-0.1, -0.05) is 41.9 Å². The standard InChI is InChI=1S/C25H17ClN2O5/c26-17-8-5-15(6-9-17)12-27-22-18-3-1-2-4-19(18)33-23(22)24(29)28(25(27)30)13-16-7-10-20-21(11-16)32-14-31-20/h1-11H,12-14H2. The molecule has 7 nitrogen and oxygen atoms in total. The summed E-state index contributed by atoms with van der Waals surface area (Å²) in [7, 11) is 0. The highest BCUT2D eigenvalue weighted by atomic mass is 35.5. The second-order valence-corrected chi connectivity index (χ2v) is 8.29. The van der Waals surface area contributed by atoms with Crippen molar-refractivity contribution in [1.29, 1.82) is 0 Å². The maximum Gasteiger partial charge on any atom is 0.332 e. The SMILES string of the molecule is O=c1c2oc3ccccc3c2n(Cc2ccc(Cl)cc2)c(=O)n1Cc1ccc2c(c1)OCO2. The van der Waals surface area contributed by atoms with Crippen LogP contribution in [-0.4, -0.2) is 15.9 Å². The smallest absolute Gasteiger partial charge is 0.332 e. The molecule has 0 N–H and O–H groups in total. The van der Waals surface area contributed by atoms with E-state index in [1.165, 1.54) is 4.57 Å². The van der Waals surface area contributed by atoms with Crippen LogP contribution in [0.3, 0.4) is 0 Å². The van der Waals surface area contributed by atoms with Crippen molar-refractivity contribution in [3.8, 4) is 11.5 Å². The van der Waals surface area contributed by atoms with Gasteiger partial charge in [-0.25, -0.2) is 4.79 Å². The molecule has 6 rings (SSSR count). The van der Waals surface area contributed by atoms with E-state index in [-0.39, 0.29) is 25.5 Å². The number of benzene rings is 3. The molecule has 8 heteroatoms. The molecule has 0 aliphatic carbocycles. The zero-order chi connectivity index (χ0) is 22.5. The monoisotopic (exact) mass is 460 g/mol. The minimum absolute atomic E-state index is 0.0713.